The molecule has 1 amide bonds. The lowest BCUT2D eigenvalue weighted by Gasteiger charge is -2.23. The van der Waals surface area contributed by atoms with Gasteiger partial charge in [-0.05, 0) is 34.0 Å². The molecular weight excluding hydrogens is 334 g/mol. The zero-order valence-electron chi connectivity index (χ0n) is 10.7. The number of carbonyl (C=O) groups excluding carboxylic acids is 1. The molecular formula is C13H15BrClNO3. The minimum absolute atomic E-state index is 0.175. The second-order valence-electron chi connectivity index (χ2n) is 4.57. The highest BCUT2D eigenvalue weighted by molar-refractivity contribution is 9.10. The van der Waals surface area contributed by atoms with Crippen LogP contribution in [-0.2, 0) is 4.79 Å². The third-order valence-electron chi connectivity index (χ3n) is 2.38. The Morgan fingerprint density at radius 2 is 2.05 bits per heavy atom. The van der Waals surface area contributed by atoms with Crippen LogP contribution < -0.4 is 0 Å². The topological polar surface area (TPSA) is 57.6 Å². The van der Waals surface area contributed by atoms with Crippen LogP contribution in [0.5, 0.6) is 0 Å². The van der Waals surface area contributed by atoms with Crippen LogP contribution in [0.3, 0.4) is 0 Å². The van der Waals surface area contributed by atoms with Gasteiger partial charge in [0.2, 0.25) is 0 Å². The summed E-state index contributed by atoms with van der Waals surface area (Å²) in [5, 5.41) is 9.18. The molecule has 0 fully saturated rings. The minimum atomic E-state index is -1.04. The number of nitrogens with zero attached hydrogens (tertiary/aromatic N) is 1. The summed E-state index contributed by atoms with van der Waals surface area (Å²) in [6.45, 7) is 3.88. The molecule has 1 aromatic rings. The van der Waals surface area contributed by atoms with Crippen molar-refractivity contribution in [3.8, 4) is 0 Å². The van der Waals surface area contributed by atoms with Gasteiger partial charge >= 0.3 is 5.97 Å². The van der Waals surface area contributed by atoms with Gasteiger partial charge in [0.15, 0.2) is 0 Å². The Morgan fingerprint density at radius 1 is 1.42 bits per heavy atom. The third kappa shape index (κ3) is 4.51. The summed E-state index contributed by atoms with van der Waals surface area (Å²) in [5.74, 6) is -1.24. The van der Waals surface area contributed by atoms with Crippen molar-refractivity contribution < 1.29 is 14.7 Å². The summed E-state index contributed by atoms with van der Waals surface area (Å²) >= 11 is 9.31. The van der Waals surface area contributed by atoms with Crippen LogP contribution in [0.4, 0.5) is 0 Å². The van der Waals surface area contributed by atoms with Gasteiger partial charge in [0.1, 0.15) is 6.54 Å². The van der Waals surface area contributed by atoms with Gasteiger partial charge in [-0.15, -0.1) is 0 Å². The monoisotopic (exact) mass is 347 g/mol. The number of hydrogen-bond donors (Lipinski definition) is 1. The van der Waals surface area contributed by atoms with E-state index in [0.29, 0.717) is 21.6 Å². The van der Waals surface area contributed by atoms with Crippen molar-refractivity contribution in [2.45, 2.75) is 13.8 Å². The van der Waals surface area contributed by atoms with E-state index in [1.54, 1.807) is 18.2 Å². The number of hydrogen-bond acceptors (Lipinski definition) is 2. The smallest absolute Gasteiger partial charge is 0.323 e. The molecule has 0 aliphatic heterocycles. The van der Waals surface area contributed by atoms with Crippen molar-refractivity contribution in [1.82, 2.24) is 4.90 Å². The van der Waals surface area contributed by atoms with Crippen LogP contribution >= 0.6 is 27.5 Å². The summed E-state index contributed by atoms with van der Waals surface area (Å²) in [4.78, 5) is 24.5. The maximum atomic E-state index is 12.3. The molecule has 0 saturated heterocycles. The van der Waals surface area contributed by atoms with Gasteiger partial charge in [-0.1, -0.05) is 31.5 Å². The Morgan fingerprint density at radius 3 is 2.58 bits per heavy atom. The summed E-state index contributed by atoms with van der Waals surface area (Å²) in [5.41, 5.74) is 0.304. The molecule has 0 aliphatic rings. The summed E-state index contributed by atoms with van der Waals surface area (Å²) in [7, 11) is 0. The quantitative estimate of drug-likeness (QED) is 0.888. The van der Waals surface area contributed by atoms with E-state index in [1.807, 2.05) is 13.8 Å². The standard InChI is InChI=1S/C13H15BrClNO3/c1-8(2)6-16(7-11(17)18)13(19)9-4-3-5-10(14)12(9)15/h3-5,8H,6-7H2,1-2H3,(H,17,18). The van der Waals surface area contributed by atoms with E-state index in [-0.39, 0.29) is 18.4 Å². The predicted octanol–water partition coefficient (Wildman–Crippen LogP) is 3.29. The van der Waals surface area contributed by atoms with E-state index in [0.717, 1.165) is 0 Å². The second-order valence-corrected chi connectivity index (χ2v) is 5.81. The molecule has 1 rings (SSSR count). The largest absolute Gasteiger partial charge is 0.480 e. The van der Waals surface area contributed by atoms with Gasteiger partial charge in [0, 0.05) is 11.0 Å². The Kier molecular flexibility index (Phi) is 5.82. The van der Waals surface area contributed by atoms with Crippen molar-refractivity contribution in [2.24, 2.45) is 5.92 Å². The van der Waals surface area contributed by atoms with Crippen LogP contribution in [0, 0.1) is 5.92 Å². The van der Waals surface area contributed by atoms with Crippen molar-refractivity contribution in [3.05, 3.63) is 33.3 Å². The van der Waals surface area contributed by atoms with E-state index >= 15 is 0 Å². The van der Waals surface area contributed by atoms with Crippen LogP contribution in [0.15, 0.2) is 22.7 Å². The molecule has 19 heavy (non-hydrogen) atoms. The molecule has 0 radical (unpaired) electrons. The molecule has 6 heteroatoms. The average Bonchev–Trinajstić information content (AvgIpc) is 2.30. The Balaban J connectivity index is 3.04. The molecule has 4 nitrogen and oxygen atoms in total. The van der Waals surface area contributed by atoms with E-state index in [9.17, 15) is 9.59 Å². The minimum Gasteiger partial charge on any atom is -0.480 e. The van der Waals surface area contributed by atoms with Gasteiger partial charge in [0.25, 0.3) is 5.91 Å². The maximum Gasteiger partial charge on any atom is 0.323 e. The van der Waals surface area contributed by atoms with Crippen molar-refractivity contribution >= 4 is 39.4 Å². The number of carboxylic acid groups (broad SMARTS) is 1. The molecule has 0 atom stereocenters. The van der Waals surface area contributed by atoms with Crippen LogP contribution in [0.25, 0.3) is 0 Å². The lowest BCUT2D eigenvalue weighted by Crippen LogP contribution is -2.38. The number of rotatable bonds is 5. The second kappa shape index (κ2) is 6.91. The van der Waals surface area contributed by atoms with Crippen LogP contribution in [0.1, 0.15) is 24.2 Å². The molecule has 0 aliphatic carbocycles. The number of halogens is 2. The molecule has 0 spiro atoms. The summed E-state index contributed by atoms with van der Waals surface area (Å²) in [6, 6.07) is 5.01. The molecule has 1 aromatic carbocycles. The van der Waals surface area contributed by atoms with Gasteiger partial charge in [-0.3, -0.25) is 9.59 Å². The lowest BCUT2D eigenvalue weighted by molar-refractivity contribution is -0.137. The van der Waals surface area contributed by atoms with Crippen molar-refractivity contribution in [3.63, 3.8) is 0 Å². The predicted molar refractivity (Wildman–Crippen MR) is 77.5 cm³/mol. The van der Waals surface area contributed by atoms with Gasteiger partial charge in [0.05, 0.1) is 10.6 Å². The van der Waals surface area contributed by atoms with Crippen LogP contribution in [0.2, 0.25) is 5.02 Å². The first kappa shape index (κ1) is 16.0. The highest BCUT2D eigenvalue weighted by Gasteiger charge is 2.22. The molecule has 1 N–H and O–H groups in total. The van der Waals surface area contributed by atoms with E-state index < -0.39 is 5.97 Å². The normalized spacial score (nSPS) is 10.6. The van der Waals surface area contributed by atoms with Crippen LogP contribution in [-0.4, -0.2) is 35.0 Å². The zero-order chi connectivity index (χ0) is 14.6. The fourth-order valence-electron chi connectivity index (χ4n) is 1.66. The van der Waals surface area contributed by atoms with E-state index in [4.69, 9.17) is 16.7 Å². The van der Waals surface area contributed by atoms with E-state index in [2.05, 4.69) is 15.9 Å². The number of aliphatic carboxylic acids is 1. The van der Waals surface area contributed by atoms with Crippen molar-refractivity contribution in [2.75, 3.05) is 13.1 Å². The molecule has 0 unspecified atom stereocenters. The number of carboxylic acids is 1. The van der Waals surface area contributed by atoms with E-state index in [1.165, 1.54) is 4.90 Å². The lowest BCUT2D eigenvalue weighted by atomic mass is 10.1. The number of amides is 1. The third-order valence-corrected chi connectivity index (χ3v) is 3.68. The SMILES string of the molecule is CC(C)CN(CC(=O)O)C(=O)c1cccc(Br)c1Cl. The summed E-state index contributed by atoms with van der Waals surface area (Å²) < 4.78 is 0.611. The van der Waals surface area contributed by atoms with Gasteiger partial charge < -0.3 is 10.0 Å². The number of benzene rings is 1. The summed E-state index contributed by atoms with van der Waals surface area (Å²) in [6.07, 6.45) is 0. The average molecular weight is 349 g/mol. The first-order chi connectivity index (χ1) is 8.82. The van der Waals surface area contributed by atoms with Gasteiger partial charge in [-0.25, -0.2) is 0 Å². The Bertz CT molecular complexity index is 491. The zero-order valence-corrected chi connectivity index (χ0v) is 13.0. The number of carbonyl (C=O) groups is 2. The van der Waals surface area contributed by atoms with Gasteiger partial charge in [-0.2, -0.15) is 0 Å². The fourth-order valence-corrected chi connectivity index (χ4v) is 2.24. The molecule has 0 bridgehead atoms. The first-order valence-corrected chi connectivity index (χ1v) is 6.95. The van der Waals surface area contributed by atoms with Crippen molar-refractivity contribution in [1.29, 1.82) is 0 Å². The maximum absolute atomic E-state index is 12.3. The molecule has 0 heterocycles. The molecule has 104 valence electrons. The first-order valence-electron chi connectivity index (χ1n) is 5.78. The molecule has 0 aromatic heterocycles. The Labute approximate surface area is 125 Å². The Hall–Kier alpha value is -1.07. The fraction of sp³-hybridized carbons (Fsp3) is 0.385. The highest BCUT2D eigenvalue weighted by atomic mass is 79.9. The highest BCUT2D eigenvalue weighted by Crippen LogP contribution is 2.27. The molecule has 0 saturated carbocycles.